The number of hydrogen-bond acceptors (Lipinski definition) is 10. The van der Waals surface area contributed by atoms with Crippen LogP contribution in [0.25, 0.3) is 0 Å². The van der Waals surface area contributed by atoms with Crippen LogP contribution in [0.2, 0.25) is 0 Å². The lowest BCUT2D eigenvalue weighted by atomic mass is 9.30. The Kier molecular flexibility index (Phi) is 11.7. The van der Waals surface area contributed by atoms with Crippen molar-refractivity contribution >= 4 is 11.9 Å². The molecular formula is C45H73NO11. The van der Waals surface area contributed by atoms with Gasteiger partial charge in [-0.2, -0.15) is 0 Å². The zero-order chi connectivity index (χ0) is 41.5. The molecule has 0 bridgehead atoms. The number of rotatable bonds is 11. The van der Waals surface area contributed by atoms with E-state index in [1.54, 1.807) is 0 Å². The van der Waals surface area contributed by atoms with Gasteiger partial charge in [0.2, 0.25) is 5.91 Å². The second-order valence-electron chi connectivity index (χ2n) is 21.3. The van der Waals surface area contributed by atoms with Crippen molar-refractivity contribution in [2.24, 2.45) is 68.0 Å². The predicted molar refractivity (Wildman–Crippen MR) is 211 cm³/mol. The van der Waals surface area contributed by atoms with E-state index in [1.165, 1.54) is 5.57 Å². The highest BCUT2D eigenvalue weighted by Crippen LogP contribution is 2.78. The maximum absolute atomic E-state index is 13.6. The minimum absolute atomic E-state index is 0.0149. The van der Waals surface area contributed by atoms with Gasteiger partial charge in [-0.25, -0.2) is 0 Å². The van der Waals surface area contributed by atoms with Crippen LogP contribution in [0.15, 0.2) is 11.6 Å². The van der Waals surface area contributed by atoms with Crippen molar-refractivity contribution in [2.75, 3.05) is 26.4 Å². The van der Waals surface area contributed by atoms with Crippen LogP contribution >= 0.6 is 0 Å². The molecule has 4 saturated carbocycles. The molecule has 18 atom stereocenters. The zero-order valence-corrected chi connectivity index (χ0v) is 35.3. The first-order chi connectivity index (χ1) is 26.8. The molecule has 5 aliphatic carbocycles. The standard InChI is InChI=1S/C45H73NO11/c1-7-8-9-10-26-19-45(39(54)55)16-15-40(2,23-47)20-29(45)27-11-12-32-42(4,44(26,27)6)14-13-31-41(3,24-48)37(57-38-36(53)35(52)30(49)22-56-38)34(51)28(43(31,32)5)17-25-18-33(50)46-21-25/h11,25-26,28-32,34-38,47-49,51-53H,7-10,12-24H2,1-6H3,(H,46,50)(H,54,55). The van der Waals surface area contributed by atoms with Gasteiger partial charge in [-0.3, -0.25) is 9.59 Å². The SMILES string of the molecule is CCCCCC1CC2(C(=O)O)CCC(C)(CO)CC2C2=CCC3C4(C)C(CC5CNC(=O)C5)C(O)C(OC5OCC(O)C(O)C5O)C(C)(CO)C4CCC3(C)C21C. The fourth-order valence-electron chi connectivity index (χ4n) is 15.1. The van der Waals surface area contributed by atoms with E-state index < -0.39 is 59.0 Å². The minimum atomic E-state index is -1.56. The van der Waals surface area contributed by atoms with Crippen molar-refractivity contribution in [3.8, 4) is 0 Å². The molecule has 2 aliphatic heterocycles. The predicted octanol–water partition coefficient (Wildman–Crippen LogP) is 4.17. The Hall–Kier alpha value is -1.64. The topological polar surface area (TPSA) is 206 Å². The van der Waals surface area contributed by atoms with Crippen LogP contribution in [-0.2, 0) is 19.1 Å². The molecule has 7 rings (SSSR count). The molecule has 6 fully saturated rings. The monoisotopic (exact) mass is 804 g/mol. The van der Waals surface area contributed by atoms with Gasteiger partial charge in [-0.15, -0.1) is 0 Å². The van der Waals surface area contributed by atoms with Crippen molar-refractivity contribution in [1.29, 1.82) is 0 Å². The molecule has 7 aliphatic rings. The second kappa shape index (κ2) is 15.4. The maximum atomic E-state index is 13.6. The summed E-state index contributed by atoms with van der Waals surface area (Å²) in [5.74, 6) is -1.34. The van der Waals surface area contributed by atoms with E-state index in [9.17, 15) is 45.3 Å². The normalized spacial score (nSPS) is 52.1. The summed E-state index contributed by atoms with van der Waals surface area (Å²) in [6.45, 7) is 13.4. The number of carboxylic acids is 1. The number of carbonyl (C=O) groups is 2. The largest absolute Gasteiger partial charge is 0.481 e. The summed E-state index contributed by atoms with van der Waals surface area (Å²) in [6, 6.07) is 0. The van der Waals surface area contributed by atoms with E-state index in [-0.39, 0.29) is 77.5 Å². The molecule has 12 nitrogen and oxygen atoms in total. The average Bonchev–Trinajstić information content (AvgIpc) is 3.60. The van der Waals surface area contributed by atoms with Crippen molar-refractivity contribution in [3.05, 3.63) is 11.6 Å². The molecule has 18 unspecified atom stereocenters. The van der Waals surface area contributed by atoms with Gasteiger partial charge in [0.15, 0.2) is 6.29 Å². The molecule has 0 radical (unpaired) electrons. The molecule has 8 N–H and O–H groups in total. The number of allylic oxidation sites excluding steroid dienone is 2. The van der Waals surface area contributed by atoms with Gasteiger partial charge in [0, 0.05) is 25.0 Å². The van der Waals surface area contributed by atoms with Crippen molar-refractivity contribution in [2.45, 2.75) is 162 Å². The summed E-state index contributed by atoms with van der Waals surface area (Å²) in [5, 5.41) is 80.9. The first-order valence-electron chi connectivity index (χ1n) is 22.2. The smallest absolute Gasteiger partial charge is 0.310 e. The summed E-state index contributed by atoms with van der Waals surface area (Å²) in [7, 11) is 0. The highest BCUT2D eigenvalue weighted by Gasteiger charge is 2.74. The molecule has 12 heteroatoms. The van der Waals surface area contributed by atoms with E-state index in [4.69, 9.17) is 9.47 Å². The molecule has 0 aromatic rings. The molecule has 0 aromatic carbocycles. The van der Waals surface area contributed by atoms with Gasteiger partial charge < -0.3 is 50.5 Å². The lowest BCUT2D eigenvalue weighted by molar-refractivity contribution is -0.340. The van der Waals surface area contributed by atoms with E-state index >= 15 is 0 Å². The highest BCUT2D eigenvalue weighted by molar-refractivity contribution is 5.78. The number of unbranched alkanes of at least 4 members (excludes halogenated alkanes) is 2. The van der Waals surface area contributed by atoms with Crippen LogP contribution in [0.1, 0.15) is 125 Å². The molecule has 57 heavy (non-hydrogen) atoms. The third-order valence-electron chi connectivity index (χ3n) is 18.6. The van der Waals surface area contributed by atoms with E-state index in [0.29, 0.717) is 57.9 Å². The van der Waals surface area contributed by atoms with Gasteiger partial charge in [0.25, 0.3) is 0 Å². The molecule has 2 heterocycles. The Morgan fingerprint density at radius 3 is 2.32 bits per heavy atom. The van der Waals surface area contributed by atoms with E-state index in [2.05, 4.69) is 46.0 Å². The number of carbonyl (C=O) groups excluding carboxylic acids is 1. The Labute approximate surface area is 339 Å². The number of ether oxygens (including phenoxy) is 2. The van der Waals surface area contributed by atoms with Crippen LogP contribution in [0.3, 0.4) is 0 Å². The van der Waals surface area contributed by atoms with Gasteiger partial charge >= 0.3 is 5.97 Å². The lowest BCUT2D eigenvalue weighted by Crippen LogP contribution is -2.73. The number of nitrogens with one attached hydrogen (secondary N) is 1. The van der Waals surface area contributed by atoms with Crippen LogP contribution < -0.4 is 5.32 Å². The number of aliphatic carboxylic acids is 1. The summed E-state index contributed by atoms with van der Waals surface area (Å²) in [5.41, 5.74) is -2.24. The van der Waals surface area contributed by atoms with E-state index in [0.717, 1.165) is 32.1 Å². The van der Waals surface area contributed by atoms with Gasteiger partial charge in [-0.1, -0.05) is 72.5 Å². The first-order valence-corrected chi connectivity index (χ1v) is 22.2. The molecule has 324 valence electrons. The number of amides is 1. The summed E-state index contributed by atoms with van der Waals surface area (Å²) < 4.78 is 12.3. The number of fused-ring (bicyclic) bond motifs is 7. The highest BCUT2D eigenvalue weighted by atomic mass is 16.7. The van der Waals surface area contributed by atoms with E-state index in [1.807, 2.05) is 6.92 Å². The van der Waals surface area contributed by atoms with Crippen molar-refractivity contribution in [1.82, 2.24) is 5.32 Å². The summed E-state index contributed by atoms with van der Waals surface area (Å²) >= 11 is 0. The van der Waals surface area contributed by atoms with Crippen LogP contribution in [0.4, 0.5) is 0 Å². The van der Waals surface area contributed by atoms with Crippen LogP contribution in [0.5, 0.6) is 0 Å². The molecular weight excluding hydrogens is 730 g/mol. The Morgan fingerprint density at radius 2 is 1.68 bits per heavy atom. The lowest BCUT2D eigenvalue weighted by Gasteiger charge is -2.74. The summed E-state index contributed by atoms with van der Waals surface area (Å²) in [6.07, 6.45) is 4.27. The zero-order valence-electron chi connectivity index (χ0n) is 35.3. The quantitative estimate of drug-likeness (QED) is 0.0846. The first kappa shape index (κ1) is 43.4. The Balaban J connectivity index is 1.36. The van der Waals surface area contributed by atoms with Gasteiger partial charge in [0.1, 0.15) is 18.3 Å². The number of hydrogen-bond donors (Lipinski definition) is 8. The van der Waals surface area contributed by atoms with Crippen molar-refractivity contribution in [3.63, 3.8) is 0 Å². The molecule has 1 amide bonds. The van der Waals surface area contributed by atoms with Crippen molar-refractivity contribution < 1.29 is 54.8 Å². The third kappa shape index (κ3) is 6.42. The summed E-state index contributed by atoms with van der Waals surface area (Å²) in [4.78, 5) is 26.2. The fraction of sp³-hybridized carbons (Fsp3) is 0.911. The molecule has 2 saturated heterocycles. The maximum Gasteiger partial charge on any atom is 0.310 e. The second-order valence-corrected chi connectivity index (χ2v) is 21.3. The Bertz CT molecular complexity index is 1560. The van der Waals surface area contributed by atoms with Crippen LogP contribution in [-0.4, -0.2) is 111 Å². The number of aliphatic hydroxyl groups is 6. The minimum Gasteiger partial charge on any atom is -0.481 e. The van der Waals surface area contributed by atoms with Crippen LogP contribution in [0, 0.1) is 68.0 Å². The third-order valence-corrected chi connectivity index (χ3v) is 18.6. The molecule has 0 spiro atoms. The van der Waals surface area contributed by atoms with Gasteiger partial charge in [0.05, 0.1) is 30.8 Å². The number of aliphatic hydroxyl groups excluding tert-OH is 6. The Morgan fingerprint density at radius 1 is 0.947 bits per heavy atom. The number of carboxylic acid groups (broad SMARTS) is 1. The van der Waals surface area contributed by atoms with Gasteiger partial charge in [-0.05, 0) is 115 Å². The average molecular weight is 804 g/mol. The molecule has 0 aromatic heterocycles. The fourth-order valence-corrected chi connectivity index (χ4v) is 15.1.